The van der Waals surface area contributed by atoms with E-state index in [9.17, 15) is 9.59 Å². The van der Waals surface area contributed by atoms with Gasteiger partial charge in [0.2, 0.25) is 0 Å². The van der Waals surface area contributed by atoms with E-state index < -0.39 is 5.41 Å². The zero-order chi connectivity index (χ0) is 15.6. The molecule has 0 saturated heterocycles. The molecule has 0 N–H and O–H groups in total. The van der Waals surface area contributed by atoms with Crippen molar-refractivity contribution in [1.29, 1.82) is 0 Å². The molecule has 21 heavy (non-hydrogen) atoms. The highest BCUT2D eigenvalue weighted by molar-refractivity contribution is 6.29. The monoisotopic (exact) mass is 278 g/mol. The van der Waals surface area contributed by atoms with Crippen molar-refractivity contribution >= 4 is 11.6 Å². The number of hydrogen-bond donors (Lipinski definition) is 0. The van der Waals surface area contributed by atoms with Crippen LogP contribution in [0.25, 0.3) is 0 Å². The number of carbonyl (C=O) groups excluding carboxylic acids is 2. The van der Waals surface area contributed by atoms with Gasteiger partial charge in [-0.15, -0.1) is 0 Å². The first-order chi connectivity index (χ1) is 9.96. The number of carbonyl (C=O) groups is 2. The van der Waals surface area contributed by atoms with Gasteiger partial charge >= 0.3 is 0 Å². The lowest BCUT2D eigenvalue weighted by atomic mass is 9.72. The molecule has 0 bridgehead atoms. The molecule has 0 unspecified atom stereocenters. The number of benzene rings is 1. The van der Waals surface area contributed by atoms with Crippen LogP contribution in [0.15, 0.2) is 73.9 Å². The molecule has 0 fully saturated rings. The van der Waals surface area contributed by atoms with E-state index >= 15 is 0 Å². The van der Waals surface area contributed by atoms with Gasteiger partial charge < -0.3 is 0 Å². The molecule has 1 aromatic carbocycles. The molecule has 0 saturated carbocycles. The number of rotatable bonds is 6. The van der Waals surface area contributed by atoms with Gasteiger partial charge in [-0.05, 0) is 12.8 Å². The van der Waals surface area contributed by atoms with Gasteiger partial charge in [-0.25, -0.2) is 0 Å². The second-order valence-corrected chi connectivity index (χ2v) is 5.36. The van der Waals surface area contributed by atoms with E-state index in [1.807, 2.05) is 0 Å². The lowest BCUT2D eigenvalue weighted by molar-refractivity contribution is 0.0697. The van der Waals surface area contributed by atoms with Crippen molar-refractivity contribution in [3.05, 3.63) is 85.0 Å². The van der Waals surface area contributed by atoms with Crippen LogP contribution in [0.3, 0.4) is 0 Å². The molecule has 0 aliphatic heterocycles. The molecule has 2 nitrogen and oxygen atoms in total. The van der Waals surface area contributed by atoms with E-state index in [2.05, 4.69) is 26.3 Å². The molecule has 0 amide bonds. The van der Waals surface area contributed by atoms with Crippen LogP contribution in [0.2, 0.25) is 0 Å². The Balaban J connectivity index is 2.56. The topological polar surface area (TPSA) is 34.1 Å². The summed E-state index contributed by atoms with van der Waals surface area (Å²) in [7, 11) is 0. The van der Waals surface area contributed by atoms with Crippen LogP contribution in [-0.2, 0) is 0 Å². The summed E-state index contributed by atoms with van der Waals surface area (Å²) in [6.07, 6.45) is 3.69. The van der Waals surface area contributed by atoms with Crippen LogP contribution in [0.5, 0.6) is 0 Å². The van der Waals surface area contributed by atoms with Crippen LogP contribution in [0.4, 0.5) is 0 Å². The Hall–Kier alpha value is -2.48. The van der Waals surface area contributed by atoms with Crippen molar-refractivity contribution in [2.45, 2.75) is 12.8 Å². The maximum Gasteiger partial charge on any atom is 0.178 e. The van der Waals surface area contributed by atoms with Crippen molar-refractivity contribution in [1.82, 2.24) is 0 Å². The Morgan fingerprint density at radius 1 is 0.905 bits per heavy atom. The molecular formula is C19H18O2. The number of Topliss-reactive ketones (excluding diaryl/α,β-unsaturated/α-hetero) is 2. The minimum absolute atomic E-state index is 0.158. The lowest BCUT2D eigenvalue weighted by Crippen LogP contribution is -2.34. The Labute approximate surface area is 125 Å². The molecule has 2 rings (SSSR count). The predicted octanol–water partition coefficient (Wildman–Crippen LogP) is 4.32. The Morgan fingerprint density at radius 3 is 1.62 bits per heavy atom. The predicted molar refractivity (Wildman–Crippen MR) is 85.4 cm³/mol. The zero-order valence-corrected chi connectivity index (χ0v) is 12.0. The summed E-state index contributed by atoms with van der Waals surface area (Å²) < 4.78 is 0. The van der Waals surface area contributed by atoms with Crippen LogP contribution < -0.4 is 0 Å². The fraction of sp³-hybridized carbons (Fsp3) is 0.158. The summed E-state index contributed by atoms with van der Waals surface area (Å²) in [4.78, 5) is 25.7. The van der Waals surface area contributed by atoms with Gasteiger partial charge in [0.1, 0.15) is 5.41 Å². The maximum absolute atomic E-state index is 12.9. The molecule has 0 radical (unpaired) electrons. The van der Waals surface area contributed by atoms with Crippen molar-refractivity contribution in [2.24, 2.45) is 5.41 Å². The number of allylic oxidation sites excluding steroid dienone is 4. The SMILES string of the molecule is C=CC(=C)CC1(CC(=C)C=C)C(=O)c2ccccc2C1=O. The van der Waals surface area contributed by atoms with E-state index in [4.69, 9.17) is 0 Å². The maximum atomic E-state index is 12.9. The van der Waals surface area contributed by atoms with Crippen molar-refractivity contribution in [3.63, 3.8) is 0 Å². The summed E-state index contributed by atoms with van der Waals surface area (Å²) >= 11 is 0. The van der Waals surface area contributed by atoms with Gasteiger partial charge in [0.15, 0.2) is 11.6 Å². The molecule has 0 spiro atoms. The van der Waals surface area contributed by atoms with Crippen LogP contribution >= 0.6 is 0 Å². The lowest BCUT2D eigenvalue weighted by Gasteiger charge is -2.26. The number of ketones is 2. The standard InChI is InChI=1S/C19H18O2/c1-5-13(3)11-19(12-14(4)6-2)17(20)15-9-7-8-10-16(15)18(19)21/h5-10H,1-4,11-12H2. The van der Waals surface area contributed by atoms with Crippen molar-refractivity contribution in [2.75, 3.05) is 0 Å². The van der Waals surface area contributed by atoms with Gasteiger partial charge in [-0.1, -0.05) is 73.9 Å². The molecule has 1 aliphatic rings. The molecule has 1 aliphatic carbocycles. The summed E-state index contributed by atoms with van der Waals surface area (Å²) in [6, 6.07) is 6.94. The fourth-order valence-corrected chi connectivity index (χ4v) is 2.80. The molecule has 0 heterocycles. The highest BCUT2D eigenvalue weighted by Gasteiger charge is 2.52. The minimum atomic E-state index is -1.15. The summed E-state index contributed by atoms with van der Waals surface area (Å²) in [5.41, 5.74) is 1.15. The van der Waals surface area contributed by atoms with Gasteiger partial charge in [0.25, 0.3) is 0 Å². The normalized spacial score (nSPS) is 15.4. The van der Waals surface area contributed by atoms with Crippen molar-refractivity contribution < 1.29 is 9.59 Å². The third-order valence-corrected chi connectivity index (χ3v) is 3.92. The van der Waals surface area contributed by atoms with E-state index in [1.165, 1.54) is 0 Å². The summed E-state index contributed by atoms with van der Waals surface area (Å²) in [5.74, 6) is -0.316. The summed E-state index contributed by atoms with van der Waals surface area (Å²) in [5, 5.41) is 0. The fourth-order valence-electron chi connectivity index (χ4n) is 2.80. The van der Waals surface area contributed by atoms with Crippen molar-refractivity contribution in [3.8, 4) is 0 Å². The van der Waals surface area contributed by atoms with Gasteiger partial charge in [-0.3, -0.25) is 9.59 Å². The van der Waals surface area contributed by atoms with E-state index in [1.54, 1.807) is 36.4 Å². The molecule has 106 valence electrons. The first kappa shape index (κ1) is 14.9. The van der Waals surface area contributed by atoms with Gasteiger partial charge in [-0.2, -0.15) is 0 Å². The highest BCUT2D eigenvalue weighted by atomic mass is 16.2. The molecule has 0 aromatic heterocycles. The molecule has 1 aromatic rings. The number of fused-ring (bicyclic) bond motifs is 1. The molecule has 2 heteroatoms. The first-order valence-corrected chi connectivity index (χ1v) is 6.75. The van der Waals surface area contributed by atoms with Crippen LogP contribution in [-0.4, -0.2) is 11.6 Å². The minimum Gasteiger partial charge on any atom is -0.293 e. The highest BCUT2D eigenvalue weighted by Crippen LogP contribution is 2.45. The smallest absolute Gasteiger partial charge is 0.178 e. The van der Waals surface area contributed by atoms with E-state index in [0.29, 0.717) is 22.3 Å². The Kier molecular flexibility index (Phi) is 3.90. The largest absolute Gasteiger partial charge is 0.293 e. The average Bonchev–Trinajstić information content (AvgIpc) is 2.70. The second kappa shape index (κ2) is 5.49. The summed E-state index contributed by atoms with van der Waals surface area (Å²) in [6.45, 7) is 15.1. The van der Waals surface area contributed by atoms with Crippen LogP contribution in [0, 0.1) is 5.41 Å². The van der Waals surface area contributed by atoms with Crippen LogP contribution in [0.1, 0.15) is 33.6 Å². The van der Waals surface area contributed by atoms with E-state index in [0.717, 1.165) is 0 Å². The third kappa shape index (κ3) is 2.33. The van der Waals surface area contributed by atoms with Gasteiger partial charge in [0, 0.05) is 11.1 Å². The number of hydrogen-bond acceptors (Lipinski definition) is 2. The Morgan fingerprint density at radius 2 is 1.29 bits per heavy atom. The Bertz CT molecular complexity index is 618. The first-order valence-electron chi connectivity index (χ1n) is 6.75. The van der Waals surface area contributed by atoms with Gasteiger partial charge in [0.05, 0.1) is 0 Å². The average molecular weight is 278 g/mol. The molecular weight excluding hydrogens is 260 g/mol. The third-order valence-electron chi connectivity index (χ3n) is 3.92. The second-order valence-electron chi connectivity index (χ2n) is 5.36. The zero-order valence-electron chi connectivity index (χ0n) is 12.0. The molecule has 0 atom stereocenters. The van der Waals surface area contributed by atoms with E-state index in [-0.39, 0.29) is 24.4 Å². The quantitative estimate of drug-likeness (QED) is 0.573.